The molecule has 0 radical (unpaired) electrons. The largest absolute Gasteiger partial charge is 0.352 e. The summed E-state index contributed by atoms with van der Waals surface area (Å²) in [5.74, 6) is 0.0321. The van der Waals surface area contributed by atoms with Gasteiger partial charge in [0.1, 0.15) is 0 Å². The molecule has 4 heteroatoms. The number of benzene rings is 1. The van der Waals surface area contributed by atoms with Gasteiger partial charge in [-0.2, -0.15) is 0 Å². The maximum atomic E-state index is 11.8. The molecule has 3 nitrogen and oxygen atoms in total. The Labute approximate surface area is 129 Å². The first kappa shape index (κ1) is 16.4. The summed E-state index contributed by atoms with van der Waals surface area (Å²) in [5.41, 5.74) is 0.744. The molecular weight excluding hydrogens is 347 g/mol. The number of nitrogens with zero attached hydrogens (tertiary/aromatic N) is 1. The maximum absolute atomic E-state index is 11.8. The van der Waals surface area contributed by atoms with Crippen LogP contribution in [0.4, 0.5) is 0 Å². The van der Waals surface area contributed by atoms with Crippen molar-refractivity contribution in [2.24, 2.45) is 0 Å². The maximum Gasteiger partial charge on any atom is 0.251 e. The first-order valence-corrected chi connectivity index (χ1v) is 7.86. The SMILES string of the molecule is CN(C)CCCCCCNC(=O)c1ccc([123I])cc1. The van der Waals surface area contributed by atoms with Gasteiger partial charge < -0.3 is 10.2 Å². The molecule has 0 aliphatic heterocycles. The smallest absolute Gasteiger partial charge is 0.251 e. The van der Waals surface area contributed by atoms with Crippen molar-refractivity contribution < 1.29 is 4.79 Å². The zero-order valence-electron chi connectivity index (χ0n) is 11.8. The van der Waals surface area contributed by atoms with Crippen molar-refractivity contribution in [2.45, 2.75) is 25.7 Å². The van der Waals surface area contributed by atoms with Crippen LogP contribution in [0.5, 0.6) is 0 Å². The highest BCUT2D eigenvalue weighted by Crippen LogP contribution is 2.06. The van der Waals surface area contributed by atoms with E-state index in [0.29, 0.717) is 0 Å². The Kier molecular flexibility index (Phi) is 8.05. The molecule has 106 valence electrons. The Morgan fingerprint density at radius 2 is 1.74 bits per heavy atom. The van der Waals surface area contributed by atoms with E-state index in [9.17, 15) is 4.79 Å². The third kappa shape index (κ3) is 7.52. The van der Waals surface area contributed by atoms with Gasteiger partial charge in [0, 0.05) is 15.7 Å². The summed E-state index contributed by atoms with van der Waals surface area (Å²) < 4.78 is 1.15. The van der Waals surface area contributed by atoms with Crippen molar-refractivity contribution in [1.29, 1.82) is 0 Å². The lowest BCUT2D eigenvalue weighted by Gasteiger charge is -2.09. The van der Waals surface area contributed by atoms with Crippen molar-refractivity contribution in [3.05, 3.63) is 33.4 Å². The predicted molar refractivity (Wildman–Crippen MR) is 88.5 cm³/mol. The Balaban J connectivity index is 2.09. The zero-order valence-corrected chi connectivity index (χ0v) is 13.9. The van der Waals surface area contributed by atoms with Crippen LogP contribution in [0.1, 0.15) is 36.0 Å². The van der Waals surface area contributed by atoms with Crippen molar-refractivity contribution >= 4 is 28.5 Å². The van der Waals surface area contributed by atoms with E-state index >= 15 is 0 Å². The van der Waals surface area contributed by atoms with Crippen LogP contribution in [-0.4, -0.2) is 38.0 Å². The van der Waals surface area contributed by atoms with Crippen molar-refractivity contribution in [3.8, 4) is 0 Å². The summed E-state index contributed by atoms with van der Waals surface area (Å²) in [5, 5.41) is 2.97. The lowest BCUT2D eigenvalue weighted by molar-refractivity contribution is 0.0953. The Morgan fingerprint density at radius 1 is 1.11 bits per heavy atom. The first-order valence-electron chi connectivity index (χ1n) is 6.78. The fourth-order valence-electron chi connectivity index (χ4n) is 1.81. The van der Waals surface area contributed by atoms with Crippen LogP contribution in [0.15, 0.2) is 24.3 Å². The first-order chi connectivity index (χ1) is 9.09. The van der Waals surface area contributed by atoms with Crippen molar-refractivity contribution in [2.75, 3.05) is 27.2 Å². The highest BCUT2D eigenvalue weighted by atomic mass is 123. The van der Waals surface area contributed by atoms with Gasteiger partial charge in [-0.15, -0.1) is 0 Å². The summed E-state index contributed by atoms with van der Waals surface area (Å²) >= 11 is 2.24. The summed E-state index contributed by atoms with van der Waals surface area (Å²) in [6, 6.07) is 7.65. The molecule has 0 bridgehead atoms. The third-order valence-electron chi connectivity index (χ3n) is 2.92. The lowest BCUT2D eigenvalue weighted by Crippen LogP contribution is -2.24. The van der Waals surface area contributed by atoms with E-state index in [2.05, 4.69) is 46.9 Å². The molecule has 0 aliphatic rings. The highest BCUT2D eigenvalue weighted by Gasteiger charge is 2.03. The molecule has 0 atom stereocenters. The van der Waals surface area contributed by atoms with E-state index in [1.54, 1.807) is 0 Å². The summed E-state index contributed by atoms with van der Waals surface area (Å²) in [7, 11) is 4.20. The summed E-state index contributed by atoms with van der Waals surface area (Å²) in [6.07, 6.45) is 4.71. The number of nitrogens with one attached hydrogen (secondary N) is 1. The normalized spacial score (nSPS) is 10.7. The zero-order chi connectivity index (χ0) is 14.1. The number of amides is 1. The highest BCUT2D eigenvalue weighted by molar-refractivity contribution is 14.1. The van der Waals surface area contributed by atoms with Crippen molar-refractivity contribution in [3.63, 3.8) is 0 Å². The number of rotatable bonds is 8. The molecule has 1 N–H and O–H groups in total. The van der Waals surface area contributed by atoms with E-state index in [-0.39, 0.29) is 5.91 Å². The topological polar surface area (TPSA) is 32.3 Å². The van der Waals surface area contributed by atoms with Crippen LogP contribution < -0.4 is 5.32 Å². The number of halogens is 1. The lowest BCUT2D eigenvalue weighted by atomic mass is 10.2. The predicted octanol–water partition coefficient (Wildman–Crippen LogP) is 3.14. The van der Waals surface area contributed by atoms with Crippen molar-refractivity contribution in [1.82, 2.24) is 10.2 Å². The minimum Gasteiger partial charge on any atom is -0.352 e. The molecule has 1 aromatic carbocycles. The number of unbranched alkanes of at least 4 members (excludes halogenated alkanes) is 3. The fourth-order valence-corrected chi connectivity index (χ4v) is 2.17. The molecule has 0 aliphatic carbocycles. The molecule has 0 fully saturated rings. The molecule has 0 heterocycles. The third-order valence-corrected chi connectivity index (χ3v) is 3.64. The van der Waals surface area contributed by atoms with Crippen LogP contribution in [-0.2, 0) is 0 Å². The summed E-state index contributed by atoms with van der Waals surface area (Å²) in [6.45, 7) is 1.92. The minimum atomic E-state index is 0.0321. The van der Waals surface area contributed by atoms with Crippen LogP contribution in [0.25, 0.3) is 0 Å². The second-order valence-corrected chi connectivity index (χ2v) is 6.23. The van der Waals surface area contributed by atoms with Gasteiger partial charge in [-0.1, -0.05) is 12.8 Å². The van der Waals surface area contributed by atoms with Crippen LogP contribution in [0.3, 0.4) is 0 Å². The molecule has 1 amide bonds. The second kappa shape index (κ2) is 9.31. The average molecular weight is 370 g/mol. The number of hydrogen-bond acceptors (Lipinski definition) is 2. The standard InChI is InChI=1S/C15H23IN2O/c1-18(2)12-6-4-3-5-11-17-15(19)13-7-9-14(16)10-8-13/h7-10H,3-6,11-12H2,1-2H3,(H,17,19)/i16-4. The van der Waals surface area contributed by atoms with Gasteiger partial charge in [0.2, 0.25) is 0 Å². The van der Waals surface area contributed by atoms with E-state index in [1.807, 2.05) is 24.3 Å². The molecule has 0 aromatic heterocycles. The molecule has 0 spiro atoms. The molecule has 1 rings (SSSR count). The van der Waals surface area contributed by atoms with E-state index in [0.717, 1.165) is 28.6 Å². The quantitative estimate of drug-likeness (QED) is 0.563. The monoisotopic (exact) mass is 370 g/mol. The Morgan fingerprint density at radius 3 is 2.37 bits per heavy atom. The van der Waals surface area contributed by atoms with E-state index in [4.69, 9.17) is 0 Å². The van der Waals surface area contributed by atoms with E-state index < -0.39 is 0 Å². The van der Waals surface area contributed by atoms with Gasteiger partial charge in [-0.25, -0.2) is 0 Å². The van der Waals surface area contributed by atoms with Gasteiger partial charge in [0.25, 0.3) is 5.91 Å². The number of carbonyl (C=O) groups is 1. The fraction of sp³-hybridized carbons (Fsp3) is 0.533. The second-order valence-electron chi connectivity index (χ2n) is 4.98. The molecule has 19 heavy (non-hydrogen) atoms. The number of carbonyl (C=O) groups excluding carboxylic acids is 1. The average Bonchev–Trinajstić information content (AvgIpc) is 2.38. The van der Waals surface area contributed by atoms with Gasteiger partial charge in [0.15, 0.2) is 0 Å². The van der Waals surface area contributed by atoms with Crippen LogP contribution in [0, 0.1) is 3.57 Å². The summed E-state index contributed by atoms with van der Waals surface area (Å²) in [4.78, 5) is 14.0. The number of hydrogen-bond donors (Lipinski definition) is 1. The minimum absolute atomic E-state index is 0.0321. The van der Waals surface area contributed by atoms with Crippen LogP contribution >= 0.6 is 22.6 Å². The Hall–Kier alpha value is -0.620. The van der Waals surface area contributed by atoms with Gasteiger partial charge in [-0.05, 0) is 80.3 Å². The van der Waals surface area contributed by atoms with Gasteiger partial charge in [0.05, 0.1) is 0 Å². The van der Waals surface area contributed by atoms with E-state index in [1.165, 1.54) is 19.3 Å². The Bertz CT molecular complexity index is 376. The molecule has 1 aromatic rings. The molecule has 0 saturated carbocycles. The van der Waals surface area contributed by atoms with Gasteiger partial charge in [-0.3, -0.25) is 4.79 Å². The van der Waals surface area contributed by atoms with Gasteiger partial charge >= 0.3 is 0 Å². The molecule has 0 unspecified atom stereocenters. The molecule has 0 saturated heterocycles. The molecular formula is C15H23IN2O. The van der Waals surface area contributed by atoms with Crippen LogP contribution in [0.2, 0.25) is 0 Å².